The van der Waals surface area contributed by atoms with Crippen LogP contribution < -0.4 is 14.7 Å². The van der Waals surface area contributed by atoms with E-state index in [-0.39, 0.29) is 0 Å². The van der Waals surface area contributed by atoms with Crippen LogP contribution in [0.2, 0.25) is 0 Å². The van der Waals surface area contributed by atoms with Crippen molar-refractivity contribution in [2.24, 2.45) is 0 Å². The van der Waals surface area contributed by atoms with E-state index in [1.54, 1.807) is 0 Å². The molecule has 5 rings (SSSR count). The molecule has 154 valence electrons. The minimum absolute atomic E-state index is 0.880. The smallest absolute Gasteiger partial charge is 0.227 e. The fraction of sp³-hybridized carbons (Fsp3) is 0.360. The Morgan fingerprint density at radius 2 is 1.40 bits per heavy atom. The first kappa shape index (κ1) is 18.9. The van der Waals surface area contributed by atoms with Crippen LogP contribution >= 0.6 is 0 Å². The molecule has 2 aliphatic rings. The van der Waals surface area contributed by atoms with Gasteiger partial charge in [-0.25, -0.2) is 4.98 Å². The first-order valence-corrected chi connectivity index (χ1v) is 11.0. The Balaban J connectivity index is 1.40. The maximum Gasteiger partial charge on any atom is 0.227 e. The second kappa shape index (κ2) is 8.34. The predicted octanol–water partition coefficient (Wildman–Crippen LogP) is 4.38. The molecule has 30 heavy (non-hydrogen) atoms. The minimum Gasteiger partial charge on any atom is -0.368 e. The van der Waals surface area contributed by atoms with E-state index in [2.05, 4.69) is 82.3 Å². The van der Waals surface area contributed by atoms with Crippen molar-refractivity contribution in [2.75, 3.05) is 54.0 Å². The largest absolute Gasteiger partial charge is 0.368 e. The average Bonchev–Trinajstić information content (AvgIpc) is 3.35. The SMILES string of the molecule is Cc1cccc(N2CCN(c3cc(-c4ccccc4)nc(N4CCCC4)n3)CC2)c1. The molecule has 1 aromatic heterocycles. The summed E-state index contributed by atoms with van der Waals surface area (Å²) in [5.41, 5.74) is 4.80. The summed E-state index contributed by atoms with van der Waals surface area (Å²) in [6, 6.07) is 21.4. The molecule has 2 fully saturated rings. The van der Waals surface area contributed by atoms with E-state index in [4.69, 9.17) is 9.97 Å². The van der Waals surface area contributed by atoms with E-state index in [1.807, 2.05) is 0 Å². The number of anilines is 3. The van der Waals surface area contributed by atoms with Crippen LogP contribution in [0.5, 0.6) is 0 Å². The number of hydrogen-bond acceptors (Lipinski definition) is 5. The molecule has 3 heterocycles. The van der Waals surface area contributed by atoms with Gasteiger partial charge in [0.15, 0.2) is 0 Å². The highest BCUT2D eigenvalue weighted by atomic mass is 15.3. The van der Waals surface area contributed by atoms with Crippen LogP contribution in [0.3, 0.4) is 0 Å². The molecular weight excluding hydrogens is 370 g/mol. The highest BCUT2D eigenvalue weighted by molar-refractivity contribution is 5.65. The van der Waals surface area contributed by atoms with E-state index < -0.39 is 0 Å². The summed E-state index contributed by atoms with van der Waals surface area (Å²) in [6.07, 6.45) is 2.45. The van der Waals surface area contributed by atoms with Gasteiger partial charge in [-0.05, 0) is 37.5 Å². The molecule has 0 spiro atoms. The molecule has 0 N–H and O–H groups in total. The van der Waals surface area contributed by atoms with Crippen molar-refractivity contribution in [3.05, 3.63) is 66.2 Å². The van der Waals surface area contributed by atoms with E-state index in [0.717, 1.165) is 62.3 Å². The zero-order valence-corrected chi connectivity index (χ0v) is 17.7. The molecule has 0 atom stereocenters. The first-order valence-electron chi connectivity index (χ1n) is 11.0. The Morgan fingerprint density at radius 1 is 0.667 bits per heavy atom. The maximum absolute atomic E-state index is 5.00. The molecule has 0 radical (unpaired) electrons. The van der Waals surface area contributed by atoms with Gasteiger partial charge in [-0.15, -0.1) is 0 Å². The van der Waals surface area contributed by atoms with Crippen molar-refractivity contribution >= 4 is 17.5 Å². The van der Waals surface area contributed by atoms with E-state index in [1.165, 1.54) is 24.1 Å². The summed E-state index contributed by atoms with van der Waals surface area (Å²) < 4.78 is 0. The van der Waals surface area contributed by atoms with Gasteiger partial charge in [-0.2, -0.15) is 4.98 Å². The topological polar surface area (TPSA) is 35.5 Å². The molecule has 0 saturated carbocycles. The molecule has 2 aromatic carbocycles. The highest BCUT2D eigenvalue weighted by Gasteiger charge is 2.22. The summed E-state index contributed by atoms with van der Waals surface area (Å²) in [5, 5.41) is 0. The maximum atomic E-state index is 5.00. The molecule has 5 heteroatoms. The van der Waals surface area contributed by atoms with Crippen molar-refractivity contribution in [1.82, 2.24) is 9.97 Å². The van der Waals surface area contributed by atoms with Gasteiger partial charge in [-0.1, -0.05) is 42.5 Å². The first-order chi connectivity index (χ1) is 14.8. The lowest BCUT2D eigenvalue weighted by Crippen LogP contribution is -2.47. The van der Waals surface area contributed by atoms with Crippen LogP contribution in [-0.2, 0) is 0 Å². The fourth-order valence-electron chi connectivity index (χ4n) is 4.42. The van der Waals surface area contributed by atoms with E-state index >= 15 is 0 Å². The van der Waals surface area contributed by atoms with Gasteiger partial charge in [-0.3, -0.25) is 0 Å². The second-order valence-electron chi connectivity index (χ2n) is 8.28. The van der Waals surface area contributed by atoms with Crippen LogP contribution in [0, 0.1) is 6.92 Å². The quantitative estimate of drug-likeness (QED) is 0.651. The van der Waals surface area contributed by atoms with Crippen molar-refractivity contribution in [3.63, 3.8) is 0 Å². The number of hydrogen-bond donors (Lipinski definition) is 0. The van der Waals surface area contributed by atoms with Crippen LogP contribution in [0.4, 0.5) is 17.5 Å². The Hall–Kier alpha value is -3.08. The van der Waals surface area contributed by atoms with Crippen LogP contribution in [0.25, 0.3) is 11.3 Å². The Bertz CT molecular complexity index is 989. The molecule has 0 bridgehead atoms. The van der Waals surface area contributed by atoms with Gasteiger partial charge in [0.1, 0.15) is 5.82 Å². The van der Waals surface area contributed by atoms with Crippen LogP contribution in [0.1, 0.15) is 18.4 Å². The summed E-state index contributed by atoms with van der Waals surface area (Å²) >= 11 is 0. The van der Waals surface area contributed by atoms with Crippen molar-refractivity contribution in [2.45, 2.75) is 19.8 Å². The van der Waals surface area contributed by atoms with Gasteiger partial charge < -0.3 is 14.7 Å². The fourth-order valence-corrected chi connectivity index (χ4v) is 4.42. The normalized spacial score (nSPS) is 16.9. The molecule has 0 unspecified atom stereocenters. The van der Waals surface area contributed by atoms with Gasteiger partial charge in [0.2, 0.25) is 5.95 Å². The summed E-state index contributed by atoms with van der Waals surface area (Å²) in [7, 11) is 0. The Morgan fingerprint density at radius 3 is 2.13 bits per heavy atom. The molecular formula is C25H29N5. The van der Waals surface area contributed by atoms with Crippen molar-refractivity contribution < 1.29 is 0 Å². The molecule has 0 aliphatic carbocycles. The minimum atomic E-state index is 0.880. The molecule has 0 amide bonds. The lowest BCUT2D eigenvalue weighted by atomic mass is 10.1. The monoisotopic (exact) mass is 399 g/mol. The van der Waals surface area contributed by atoms with Crippen LogP contribution in [0.15, 0.2) is 60.7 Å². The number of nitrogens with zero attached hydrogens (tertiary/aromatic N) is 5. The average molecular weight is 400 g/mol. The number of rotatable bonds is 4. The summed E-state index contributed by atoms with van der Waals surface area (Å²) in [4.78, 5) is 17.2. The standard InChI is InChI=1S/C25H29N5/c1-20-8-7-11-22(18-20)28-14-16-29(17-15-28)24-19-23(21-9-3-2-4-10-21)26-25(27-24)30-12-5-6-13-30/h2-4,7-11,18-19H,5-6,12-17H2,1H3. The van der Waals surface area contributed by atoms with Gasteiger partial charge in [0.05, 0.1) is 5.69 Å². The van der Waals surface area contributed by atoms with Crippen molar-refractivity contribution in [1.29, 1.82) is 0 Å². The Labute approximate surface area is 179 Å². The summed E-state index contributed by atoms with van der Waals surface area (Å²) in [6.45, 7) is 8.22. The number of aromatic nitrogens is 2. The van der Waals surface area contributed by atoms with Gasteiger partial charge in [0.25, 0.3) is 0 Å². The third-order valence-corrected chi connectivity index (χ3v) is 6.13. The van der Waals surface area contributed by atoms with Gasteiger partial charge >= 0.3 is 0 Å². The second-order valence-corrected chi connectivity index (χ2v) is 8.28. The van der Waals surface area contributed by atoms with Crippen molar-refractivity contribution in [3.8, 4) is 11.3 Å². The zero-order chi connectivity index (χ0) is 20.3. The lowest BCUT2D eigenvalue weighted by Gasteiger charge is -2.37. The third kappa shape index (κ3) is 3.97. The molecule has 5 nitrogen and oxygen atoms in total. The number of aryl methyl sites for hydroxylation is 1. The number of piperazine rings is 1. The molecule has 2 aliphatic heterocycles. The third-order valence-electron chi connectivity index (χ3n) is 6.13. The zero-order valence-electron chi connectivity index (χ0n) is 17.7. The van der Waals surface area contributed by atoms with Crippen LogP contribution in [-0.4, -0.2) is 49.2 Å². The molecule has 2 saturated heterocycles. The van der Waals surface area contributed by atoms with E-state index in [0.29, 0.717) is 0 Å². The predicted molar refractivity (Wildman–Crippen MR) is 125 cm³/mol. The van der Waals surface area contributed by atoms with Gasteiger partial charge in [0, 0.05) is 56.6 Å². The lowest BCUT2D eigenvalue weighted by molar-refractivity contribution is 0.646. The molecule has 3 aromatic rings. The Kier molecular flexibility index (Phi) is 5.26. The number of benzene rings is 2. The summed E-state index contributed by atoms with van der Waals surface area (Å²) in [5.74, 6) is 1.93. The van der Waals surface area contributed by atoms with E-state index in [9.17, 15) is 0 Å². The highest BCUT2D eigenvalue weighted by Crippen LogP contribution is 2.28.